The zero-order valence-electron chi connectivity index (χ0n) is 15.4. The van der Waals surface area contributed by atoms with E-state index in [1.165, 1.54) is 12.0 Å². The molecule has 4 heterocycles. The maximum Gasteiger partial charge on any atom is 0.227 e. The normalized spacial score (nSPS) is 21.2. The molecule has 0 aromatic carbocycles. The Bertz CT molecular complexity index is 754. The predicted molar refractivity (Wildman–Crippen MR) is 109 cm³/mol. The van der Waals surface area contributed by atoms with Crippen molar-refractivity contribution in [2.45, 2.75) is 25.4 Å². The van der Waals surface area contributed by atoms with Crippen LogP contribution in [0.25, 0.3) is 0 Å². The van der Waals surface area contributed by atoms with Crippen molar-refractivity contribution in [3.8, 4) is 0 Å². The fourth-order valence-electron chi connectivity index (χ4n) is 3.67. The Hall–Kier alpha value is -1.77. The fourth-order valence-corrected chi connectivity index (χ4v) is 4.08. The molecule has 0 bridgehead atoms. The van der Waals surface area contributed by atoms with Crippen LogP contribution in [0.2, 0.25) is 0 Å². The van der Waals surface area contributed by atoms with Crippen molar-refractivity contribution in [1.82, 2.24) is 19.9 Å². The molecule has 0 amide bonds. The summed E-state index contributed by atoms with van der Waals surface area (Å²) in [4.78, 5) is 18.1. The monoisotopic (exact) mass is 432 g/mol. The van der Waals surface area contributed by atoms with Gasteiger partial charge in [-0.3, -0.25) is 9.88 Å². The molecule has 1 unspecified atom stereocenters. The number of pyridine rings is 1. The van der Waals surface area contributed by atoms with E-state index in [9.17, 15) is 0 Å². The van der Waals surface area contributed by atoms with Gasteiger partial charge in [-0.05, 0) is 53.0 Å². The molecular formula is C19H25BrN6O. The Morgan fingerprint density at radius 2 is 2.11 bits per heavy atom. The Balaban J connectivity index is 1.36. The van der Waals surface area contributed by atoms with Gasteiger partial charge in [-0.1, -0.05) is 0 Å². The molecular weight excluding hydrogens is 408 g/mol. The van der Waals surface area contributed by atoms with Gasteiger partial charge in [-0.2, -0.15) is 4.98 Å². The minimum atomic E-state index is 0.395. The summed E-state index contributed by atoms with van der Waals surface area (Å²) in [6.45, 7) is 6.22. The first-order chi connectivity index (χ1) is 13.3. The average Bonchev–Trinajstić information content (AvgIpc) is 2.69. The molecule has 0 saturated carbocycles. The van der Waals surface area contributed by atoms with Gasteiger partial charge in [-0.15, -0.1) is 0 Å². The van der Waals surface area contributed by atoms with Gasteiger partial charge in [0.15, 0.2) is 0 Å². The Morgan fingerprint density at radius 1 is 1.22 bits per heavy atom. The van der Waals surface area contributed by atoms with Crippen LogP contribution in [-0.4, -0.2) is 65.3 Å². The van der Waals surface area contributed by atoms with Crippen molar-refractivity contribution in [2.75, 3.05) is 49.6 Å². The molecule has 8 heteroatoms. The summed E-state index contributed by atoms with van der Waals surface area (Å²) in [7, 11) is 0. The summed E-state index contributed by atoms with van der Waals surface area (Å²) in [5, 5.41) is 3.61. The van der Waals surface area contributed by atoms with E-state index >= 15 is 0 Å². The molecule has 1 atom stereocenters. The van der Waals surface area contributed by atoms with E-state index in [2.05, 4.69) is 47.1 Å². The smallest absolute Gasteiger partial charge is 0.227 e. The number of morpholine rings is 1. The first-order valence-corrected chi connectivity index (χ1v) is 10.3. The average molecular weight is 433 g/mol. The number of hydrogen-bond acceptors (Lipinski definition) is 7. The van der Waals surface area contributed by atoms with Crippen molar-refractivity contribution in [3.63, 3.8) is 0 Å². The predicted octanol–water partition coefficient (Wildman–Crippen LogP) is 2.55. The van der Waals surface area contributed by atoms with Gasteiger partial charge < -0.3 is 15.0 Å². The third kappa shape index (κ3) is 5.15. The number of ether oxygens (including phenoxy) is 1. The zero-order valence-corrected chi connectivity index (χ0v) is 16.9. The lowest BCUT2D eigenvalue weighted by Crippen LogP contribution is -2.42. The van der Waals surface area contributed by atoms with Gasteiger partial charge in [0.25, 0.3) is 0 Å². The third-order valence-corrected chi connectivity index (χ3v) is 5.40. The maximum absolute atomic E-state index is 5.42. The number of nitrogens with one attached hydrogen (secondary N) is 1. The molecule has 2 aromatic rings. The van der Waals surface area contributed by atoms with Crippen molar-refractivity contribution in [1.29, 1.82) is 0 Å². The van der Waals surface area contributed by atoms with Gasteiger partial charge in [0.1, 0.15) is 5.82 Å². The lowest BCUT2D eigenvalue weighted by Gasteiger charge is -2.33. The highest BCUT2D eigenvalue weighted by atomic mass is 79.9. The summed E-state index contributed by atoms with van der Waals surface area (Å²) in [6, 6.07) is 4.50. The van der Waals surface area contributed by atoms with Crippen LogP contribution in [-0.2, 0) is 11.3 Å². The van der Waals surface area contributed by atoms with E-state index in [-0.39, 0.29) is 0 Å². The maximum atomic E-state index is 5.42. The summed E-state index contributed by atoms with van der Waals surface area (Å²) in [5.41, 5.74) is 1.24. The van der Waals surface area contributed by atoms with Crippen LogP contribution in [0.4, 0.5) is 11.8 Å². The largest absolute Gasteiger partial charge is 0.378 e. The highest BCUT2D eigenvalue weighted by molar-refractivity contribution is 9.10. The van der Waals surface area contributed by atoms with Crippen LogP contribution >= 0.6 is 15.9 Å². The van der Waals surface area contributed by atoms with Crippen LogP contribution in [0.3, 0.4) is 0 Å². The molecule has 1 N–H and O–H groups in total. The van der Waals surface area contributed by atoms with Crippen molar-refractivity contribution in [3.05, 3.63) is 40.8 Å². The summed E-state index contributed by atoms with van der Waals surface area (Å²) < 4.78 is 6.45. The minimum absolute atomic E-state index is 0.395. The lowest BCUT2D eigenvalue weighted by atomic mass is 10.1. The summed E-state index contributed by atoms with van der Waals surface area (Å²) >= 11 is 3.50. The number of aromatic nitrogens is 3. The molecule has 0 aliphatic carbocycles. The Morgan fingerprint density at radius 3 is 2.96 bits per heavy atom. The highest BCUT2D eigenvalue weighted by Gasteiger charge is 2.21. The van der Waals surface area contributed by atoms with Crippen LogP contribution in [0, 0.1) is 0 Å². The van der Waals surface area contributed by atoms with E-state index in [0.717, 1.165) is 68.6 Å². The lowest BCUT2D eigenvalue weighted by molar-refractivity contribution is 0.122. The minimum Gasteiger partial charge on any atom is -0.378 e. The SMILES string of the molecule is Brc1cncc(CN2CCCC(Nc3ccnc(N4CCOCC4)n3)C2)c1. The molecule has 27 heavy (non-hydrogen) atoms. The van der Waals surface area contributed by atoms with Crippen LogP contribution in [0.1, 0.15) is 18.4 Å². The van der Waals surface area contributed by atoms with E-state index in [1.54, 1.807) is 0 Å². The number of likely N-dealkylation sites (tertiary alicyclic amines) is 1. The second kappa shape index (κ2) is 8.95. The van der Waals surface area contributed by atoms with Crippen molar-refractivity contribution >= 4 is 27.7 Å². The van der Waals surface area contributed by atoms with E-state index < -0.39 is 0 Å². The van der Waals surface area contributed by atoms with Crippen molar-refractivity contribution < 1.29 is 4.74 Å². The molecule has 4 rings (SSSR count). The second-order valence-corrected chi connectivity index (χ2v) is 7.99. The molecule has 2 fully saturated rings. The standard InChI is InChI=1S/C19H25BrN6O/c20-16-10-15(11-21-12-16)13-25-5-1-2-17(14-25)23-18-3-4-22-19(24-18)26-6-8-27-9-7-26/h3-4,10-12,17H,1-2,5-9,13-14H2,(H,22,23,24). The molecule has 0 spiro atoms. The first kappa shape index (κ1) is 18.6. The first-order valence-electron chi connectivity index (χ1n) is 9.50. The number of anilines is 2. The molecule has 2 aliphatic rings. The highest BCUT2D eigenvalue weighted by Crippen LogP contribution is 2.19. The van der Waals surface area contributed by atoms with E-state index in [1.807, 2.05) is 24.7 Å². The molecule has 2 aromatic heterocycles. The topological polar surface area (TPSA) is 66.4 Å². The Kier molecular flexibility index (Phi) is 6.16. The number of piperidine rings is 1. The number of halogens is 1. The van der Waals surface area contributed by atoms with Gasteiger partial charge >= 0.3 is 0 Å². The quantitative estimate of drug-likeness (QED) is 0.778. The van der Waals surface area contributed by atoms with Gasteiger partial charge in [-0.25, -0.2) is 4.98 Å². The number of nitrogens with zero attached hydrogens (tertiary/aromatic N) is 5. The fraction of sp³-hybridized carbons (Fsp3) is 0.526. The molecule has 0 radical (unpaired) electrons. The summed E-state index contributed by atoms with van der Waals surface area (Å²) in [6.07, 6.45) is 7.95. The second-order valence-electron chi connectivity index (χ2n) is 7.07. The van der Waals surface area contributed by atoms with Crippen LogP contribution in [0.5, 0.6) is 0 Å². The van der Waals surface area contributed by atoms with E-state index in [0.29, 0.717) is 6.04 Å². The molecule has 7 nitrogen and oxygen atoms in total. The van der Waals surface area contributed by atoms with Crippen LogP contribution in [0.15, 0.2) is 35.2 Å². The molecule has 144 valence electrons. The van der Waals surface area contributed by atoms with Crippen molar-refractivity contribution in [2.24, 2.45) is 0 Å². The summed E-state index contributed by atoms with van der Waals surface area (Å²) in [5.74, 6) is 1.69. The zero-order chi connectivity index (χ0) is 18.5. The van der Waals surface area contributed by atoms with Gasteiger partial charge in [0.2, 0.25) is 5.95 Å². The van der Waals surface area contributed by atoms with Crippen LogP contribution < -0.4 is 10.2 Å². The van der Waals surface area contributed by atoms with E-state index in [4.69, 9.17) is 9.72 Å². The van der Waals surface area contributed by atoms with Gasteiger partial charge in [0.05, 0.1) is 13.2 Å². The van der Waals surface area contributed by atoms with Gasteiger partial charge in [0, 0.05) is 55.3 Å². The molecule has 2 saturated heterocycles. The third-order valence-electron chi connectivity index (χ3n) is 4.96. The number of rotatable bonds is 5. The Labute approximate surface area is 168 Å². The number of hydrogen-bond donors (Lipinski definition) is 1. The molecule has 2 aliphatic heterocycles.